The molecule has 28 heavy (non-hydrogen) atoms. The summed E-state index contributed by atoms with van der Waals surface area (Å²) in [4.78, 5) is 13.4. The highest BCUT2D eigenvalue weighted by molar-refractivity contribution is 7.99. The molecule has 0 saturated carbocycles. The number of nitrogens with zero attached hydrogens (tertiary/aromatic N) is 3. The molecule has 0 aliphatic carbocycles. The lowest BCUT2D eigenvalue weighted by Crippen LogP contribution is -2.15. The molecule has 0 spiro atoms. The summed E-state index contributed by atoms with van der Waals surface area (Å²) in [6, 6.07) is 8.14. The second kappa shape index (κ2) is 9.85. The first kappa shape index (κ1) is 20.6. The first-order valence-electron chi connectivity index (χ1n) is 8.08. The summed E-state index contributed by atoms with van der Waals surface area (Å²) >= 11 is 8.82. The summed E-state index contributed by atoms with van der Waals surface area (Å²) in [6.07, 6.45) is 2.50. The van der Waals surface area contributed by atoms with Gasteiger partial charge in [-0.2, -0.15) is 8.78 Å². The van der Waals surface area contributed by atoms with Crippen molar-refractivity contribution in [1.82, 2.24) is 14.8 Å². The molecule has 148 valence electrons. The van der Waals surface area contributed by atoms with Crippen molar-refractivity contribution in [2.24, 2.45) is 0 Å². The van der Waals surface area contributed by atoms with Gasteiger partial charge >= 0.3 is 6.61 Å². The highest BCUT2D eigenvalue weighted by Crippen LogP contribution is 2.29. The van der Waals surface area contributed by atoms with Crippen LogP contribution in [0.1, 0.15) is 4.88 Å². The van der Waals surface area contributed by atoms with Gasteiger partial charge in [0.25, 0.3) is 0 Å². The molecule has 0 unspecified atom stereocenters. The number of alkyl halides is 2. The summed E-state index contributed by atoms with van der Waals surface area (Å²) < 4.78 is 30.7. The normalized spacial score (nSPS) is 11.0. The van der Waals surface area contributed by atoms with Gasteiger partial charge in [0.15, 0.2) is 5.16 Å². The zero-order valence-electron chi connectivity index (χ0n) is 14.3. The fourth-order valence-corrected chi connectivity index (χ4v) is 3.96. The molecule has 6 nitrogen and oxygen atoms in total. The first-order valence-corrected chi connectivity index (χ1v) is 10.3. The maximum absolute atomic E-state index is 12.2. The fourth-order valence-electron chi connectivity index (χ4n) is 2.29. The number of aryl methyl sites for hydroxylation is 2. The van der Waals surface area contributed by atoms with E-state index < -0.39 is 6.61 Å². The summed E-state index contributed by atoms with van der Waals surface area (Å²) in [5, 5.41) is 13.3. The number of benzene rings is 1. The van der Waals surface area contributed by atoms with Crippen molar-refractivity contribution in [3.8, 4) is 5.75 Å². The van der Waals surface area contributed by atoms with E-state index in [0.29, 0.717) is 10.8 Å². The lowest BCUT2D eigenvalue weighted by Gasteiger charge is -2.10. The van der Waals surface area contributed by atoms with E-state index in [2.05, 4.69) is 26.3 Å². The third-order valence-electron chi connectivity index (χ3n) is 3.52. The Morgan fingerprint density at radius 2 is 2.25 bits per heavy atom. The highest BCUT2D eigenvalue weighted by atomic mass is 35.5. The second-order valence-corrected chi connectivity index (χ2v) is 7.88. The smallest absolute Gasteiger partial charge is 0.387 e. The van der Waals surface area contributed by atoms with Crippen molar-refractivity contribution >= 4 is 46.3 Å². The van der Waals surface area contributed by atoms with E-state index in [4.69, 9.17) is 11.6 Å². The fraction of sp³-hybridized carbons (Fsp3) is 0.235. The topological polar surface area (TPSA) is 69.0 Å². The average Bonchev–Trinajstić information content (AvgIpc) is 3.31. The van der Waals surface area contributed by atoms with Crippen molar-refractivity contribution in [2.75, 3.05) is 11.1 Å². The quantitative estimate of drug-likeness (QED) is 0.490. The molecule has 2 heterocycles. The number of hydrogen-bond acceptors (Lipinski definition) is 6. The number of amides is 1. The lowest BCUT2D eigenvalue weighted by molar-refractivity contribution is -0.113. The zero-order chi connectivity index (χ0) is 19.9. The van der Waals surface area contributed by atoms with Crippen LogP contribution in [0.25, 0.3) is 0 Å². The number of carbonyl (C=O) groups is 1. The molecule has 11 heteroatoms. The van der Waals surface area contributed by atoms with Crippen LogP contribution >= 0.6 is 34.7 Å². The lowest BCUT2D eigenvalue weighted by atomic mass is 10.3. The Hall–Kier alpha value is -2.17. The van der Waals surface area contributed by atoms with E-state index in [1.807, 2.05) is 16.0 Å². The zero-order valence-corrected chi connectivity index (χ0v) is 16.7. The number of anilines is 1. The molecule has 0 atom stereocenters. The number of carbonyl (C=O) groups excluding carboxylic acids is 1. The molecule has 3 aromatic rings. The van der Waals surface area contributed by atoms with Gasteiger partial charge in [-0.05, 0) is 36.1 Å². The van der Waals surface area contributed by atoms with Gasteiger partial charge in [-0.25, -0.2) is 0 Å². The number of nitrogens with one attached hydrogen (secondary N) is 1. The Morgan fingerprint density at radius 3 is 2.96 bits per heavy atom. The van der Waals surface area contributed by atoms with Gasteiger partial charge in [0.1, 0.15) is 12.1 Å². The summed E-state index contributed by atoms with van der Waals surface area (Å²) in [6.45, 7) is -2.25. The molecule has 3 rings (SSSR count). The average molecular weight is 445 g/mol. The van der Waals surface area contributed by atoms with Crippen LogP contribution in [0.3, 0.4) is 0 Å². The van der Waals surface area contributed by atoms with Crippen molar-refractivity contribution in [2.45, 2.75) is 24.7 Å². The summed E-state index contributed by atoms with van der Waals surface area (Å²) in [5.41, 5.74) is 0.386. The molecule has 0 aliphatic rings. The van der Waals surface area contributed by atoms with Crippen LogP contribution in [0.4, 0.5) is 14.5 Å². The van der Waals surface area contributed by atoms with Gasteiger partial charge in [-0.3, -0.25) is 4.79 Å². The maximum atomic E-state index is 12.2. The Morgan fingerprint density at radius 1 is 1.39 bits per heavy atom. The van der Waals surface area contributed by atoms with Crippen LogP contribution in [0.2, 0.25) is 5.02 Å². The number of rotatable bonds is 9. The molecule has 0 saturated heterocycles. The Bertz CT molecular complexity index is 922. The molecular weight excluding hydrogens is 430 g/mol. The predicted octanol–water partition coefficient (Wildman–Crippen LogP) is 4.57. The van der Waals surface area contributed by atoms with E-state index >= 15 is 0 Å². The maximum Gasteiger partial charge on any atom is 0.387 e. The third-order valence-corrected chi connectivity index (χ3v) is 5.74. The van der Waals surface area contributed by atoms with E-state index in [0.717, 1.165) is 13.0 Å². The Labute approximate surface area is 172 Å². The van der Waals surface area contributed by atoms with E-state index in [1.165, 1.54) is 34.8 Å². The summed E-state index contributed by atoms with van der Waals surface area (Å²) in [5.74, 6) is -0.316. The molecule has 2 aromatic heterocycles. The largest absolute Gasteiger partial charge is 0.433 e. The van der Waals surface area contributed by atoms with E-state index in [9.17, 15) is 13.6 Å². The van der Waals surface area contributed by atoms with Gasteiger partial charge in [0.05, 0.1) is 10.8 Å². The highest BCUT2D eigenvalue weighted by Gasteiger charge is 2.12. The van der Waals surface area contributed by atoms with Crippen molar-refractivity contribution < 1.29 is 18.3 Å². The van der Waals surface area contributed by atoms with Gasteiger partial charge in [-0.15, -0.1) is 21.5 Å². The van der Waals surface area contributed by atoms with Gasteiger partial charge in [0, 0.05) is 17.1 Å². The number of aromatic nitrogens is 3. The van der Waals surface area contributed by atoms with Crippen LogP contribution in [0, 0.1) is 0 Å². The van der Waals surface area contributed by atoms with Crippen LogP contribution in [0.5, 0.6) is 5.75 Å². The number of thioether (sulfide) groups is 1. The molecule has 0 fully saturated rings. The first-order chi connectivity index (χ1) is 13.5. The minimum Gasteiger partial charge on any atom is -0.433 e. The minimum atomic E-state index is -2.97. The molecule has 1 N–H and O–H groups in total. The van der Waals surface area contributed by atoms with E-state index in [-0.39, 0.29) is 22.4 Å². The minimum absolute atomic E-state index is 0.0147. The van der Waals surface area contributed by atoms with Crippen LogP contribution in [-0.4, -0.2) is 33.0 Å². The standard InChI is InChI=1S/C17H15ClF2N4O2S2/c18-13-8-11(3-4-14(13)26-16(19)20)22-15(25)9-28-17-23-21-10-24(17)6-5-12-2-1-7-27-12/h1-4,7-8,10,16H,5-6,9H2,(H,22,25). The monoisotopic (exact) mass is 444 g/mol. The van der Waals surface area contributed by atoms with Crippen LogP contribution in [0.15, 0.2) is 47.2 Å². The van der Waals surface area contributed by atoms with Gasteiger partial charge in [-0.1, -0.05) is 29.4 Å². The molecule has 1 amide bonds. The molecule has 1 aromatic carbocycles. The molecular formula is C17H15ClF2N4O2S2. The third kappa shape index (κ3) is 5.91. The van der Waals surface area contributed by atoms with Crippen molar-refractivity contribution in [3.05, 3.63) is 51.9 Å². The SMILES string of the molecule is O=C(CSc1nncn1CCc1cccs1)Nc1ccc(OC(F)F)c(Cl)c1. The molecule has 0 radical (unpaired) electrons. The van der Waals surface area contributed by atoms with E-state index in [1.54, 1.807) is 17.7 Å². The number of hydrogen-bond donors (Lipinski definition) is 1. The predicted molar refractivity (Wildman–Crippen MR) is 105 cm³/mol. The Kier molecular flexibility index (Phi) is 7.24. The van der Waals surface area contributed by atoms with Crippen molar-refractivity contribution in [3.63, 3.8) is 0 Å². The summed E-state index contributed by atoms with van der Waals surface area (Å²) in [7, 11) is 0. The van der Waals surface area contributed by atoms with Gasteiger partial charge < -0.3 is 14.6 Å². The van der Waals surface area contributed by atoms with Crippen molar-refractivity contribution in [1.29, 1.82) is 0 Å². The van der Waals surface area contributed by atoms with Gasteiger partial charge in [0.2, 0.25) is 5.91 Å². The molecule has 0 bridgehead atoms. The second-order valence-electron chi connectivity index (χ2n) is 5.50. The number of thiophene rings is 1. The Balaban J connectivity index is 1.51. The number of ether oxygens (including phenoxy) is 1. The van der Waals surface area contributed by atoms with Crippen LogP contribution < -0.4 is 10.1 Å². The van der Waals surface area contributed by atoms with Crippen LogP contribution in [-0.2, 0) is 17.8 Å². The number of halogens is 3. The molecule has 0 aliphatic heterocycles.